The normalized spacial score (nSPS) is 13.6. The molecule has 0 fully saturated rings. The Hall–Kier alpha value is 0.707. The molecule has 0 atom stereocenters. The van der Waals surface area contributed by atoms with Crippen LogP contribution in [-0.2, 0) is 13.6 Å². The van der Waals surface area contributed by atoms with Gasteiger partial charge in [-0.3, -0.25) is 4.57 Å². The van der Waals surface area contributed by atoms with E-state index in [4.69, 9.17) is 9.05 Å². The van der Waals surface area contributed by atoms with Crippen LogP contribution in [0.15, 0.2) is 0 Å². The molecule has 0 rings (SSSR count). The Bertz CT molecular complexity index is 196. The van der Waals surface area contributed by atoms with Crippen molar-refractivity contribution in [1.29, 1.82) is 0 Å². The first kappa shape index (κ1) is 17.1. The van der Waals surface area contributed by atoms with Crippen molar-refractivity contribution in [2.45, 2.75) is 52.7 Å². The maximum atomic E-state index is 11.2. The quantitative estimate of drug-likeness (QED) is 0.443. The first-order chi connectivity index (χ1) is 5.41. The Morgan fingerprint density at radius 1 is 0.929 bits per heavy atom. The number of phosphoric acid groups is 1. The second-order valence-electron chi connectivity index (χ2n) is 4.85. The molecule has 0 spiro atoms. The predicted molar refractivity (Wildman–Crippen MR) is 49.3 cm³/mol. The Kier molecular flexibility index (Phi) is 6.31. The van der Waals surface area contributed by atoms with Gasteiger partial charge in [-0.05, 0) is 41.5 Å². The van der Waals surface area contributed by atoms with Gasteiger partial charge in [0, 0.05) is 0 Å². The van der Waals surface area contributed by atoms with Crippen molar-refractivity contribution in [3.8, 4) is 0 Å². The summed E-state index contributed by atoms with van der Waals surface area (Å²) in [5.41, 5.74) is -1.49. The van der Waals surface area contributed by atoms with Gasteiger partial charge >= 0.3 is 18.9 Å². The van der Waals surface area contributed by atoms with Crippen molar-refractivity contribution in [1.82, 2.24) is 0 Å². The van der Waals surface area contributed by atoms with Crippen LogP contribution in [0, 0.1) is 0 Å². The van der Waals surface area contributed by atoms with Crippen LogP contribution in [0.1, 0.15) is 41.5 Å². The first-order valence-corrected chi connectivity index (χ1v) is 5.60. The average molecular weight is 216 g/mol. The van der Waals surface area contributed by atoms with E-state index < -0.39 is 19.0 Å². The van der Waals surface area contributed by atoms with Crippen molar-refractivity contribution in [2.24, 2.45) is 0 Å². The fourth-order valence-electron chi connectivity index (χ4n) is 0.689. The van der Waals surface area contributed by atoms with E-state index in [1.165, 1.54) is 0 Å². The molecular formula is C8H18LiO4P. The Morgan fingerprint density at radius 3 is 1.29 bits per heavy atom. The van der Waals surface area contributed by atoms with E-state index in [1.807, 2.05) is 0 Å². The van der Waals surface area contributed by atoms with E-state index in [2.05, 4.69) is 0 Å². The van der Waals surface area contributed by atoms with E-state index in [1.54, 1.807) is 41.5 Å². The number of hydrogen-bond acceptors (Lipinski definition) is 4. The largest absolute Gasteiger partial charge is 1.00 e. The number of phosphoric ester groups is 1. The van der Waals surface area contributed by atoms with E-state index >= 15 is 0 Å². The third kappa shape index (κ3) is 10.8. The standard InChI is InChI=1S/C8H19O4P.Li/c1-7(2,3)11-13(9,10)12-8(4,5)6;/h1-6H3,(H,9,10);/q;+1/p-1. The minimum absolute atomic E-state index is 0. The molecule has 0 bridgehead atoms. The van der Waals surface area contributed by atoms with Crippen LogP contribution < -0.4 is 23.8 Å². The van der Waals surface area contributed by atoms with Gasteiger partial charge in [0.25, 0.3) is 7.82 Å². The Balaban J connectivity index is 0. The molecule has 0 aromatic rings. The molecule has 0 aliphatic heterocycles. The molecule has 4 nitrogen and oxygen atoms in total. The smallest absolute Gasteiger partial charge is 0.756 e. The van der Waals surface area contributed by atoms with E-state index in [0.717, 1.165) is 0 Å². The molecule has 80 valence electrons. The summed E-state index contributed by atoms with van der Waals surface area (Å²) in [5, 5.41) is 0. The van der Waals surface area contributed by atoms with E-state index in [0.29, 0.717) is 0 Å². The van der Waals surface area contributed by atoms with Crippen LogP contribution in [0.4, 0.5) is 0 Å². The van der Waals surface area contributed by atoms with Gasteiger partial charge in [-0.15, -0.1) is 0 Å². The summed E-state index contributed by atoms with van der Waals surface area (Å²) in [7, 11) is -4.19. The third-order valence-corrected chi connectivity index (χ3v) is 2.31. The van der Waals surface area contributed by atoms with Crippen molar-refractivity contribution < 1.29 is 37.4 Å². The monoisotopic (exact) mass is 216 g/mol. The zero-order valence-corrected chi connectivity index (χ0v) is 11.0. The molecule has 0 heterocycles. The van der Waals surface area contributed by atoms with Crippen LogP contribution >= 0.6 is 7.82 Å². The van der Waals surface area contributed by atoms with Crippen molar-refractivity contribution in [2.75, 3.05) is 0 Å². The molecule has 0 aromatic heterocycles. The first-order valence-electron chi connectivity index (χ1n) is 4.14. The predicted octanol–water partition coefficient (Wildman–Crippen LogP) is -0.911. The number of rotatable bonds is 2. The van der Waals surface area contributed by atoms with Crippen LogP contribution in [0.2, 0.25) is 0 Å². The van der Waals surface area contributed by atoms with Gasteiger partial charge in [-0.1, -0.05) is 0 Å². The van der Waals surface area contributed by atoms with Gasteiger partial charge in [0.2, 0.25) is 0 Å². The summed E-state index contributed by atoms with van der Waals surface area (Å²) >= 11 is 0. The Labute approximate surface area is 98.2 Å². The van der Waals surface area contributed by atoms with Crippen LogP contribution in [0.3, 0.4) is 0 Å². The molecule has 14 heavy (non-hydrogen) atoms. The van der Waals surface area contributed by atoms with Crippen molar-refractivity contribution in [3.63, 3.8) is 0 Å². The summed E-state index contributed by atoms with van der Waals surface area (Å²) in [4.78, 5) is 11.2. The molecule has 0 aliphatic carbocycles. The molecule has 0 radical (unpaired) electrons. The summed E-state index contributed by atoms with van der Waals surface area (Å²) in [5.74, 6) is 0. The maximum absolute atomic E-state index is 11.2. The minimum Gasteiger partial charge on any atom is -0.756 e. The van der Waals surface area contributed by atoms with Gasteiger partial charge in [0.05, 0.1) is 11.2 Å². The summed E-state index contributed by atoms with van der Waals surface area (Å²) in [6.45, 7) is 9.94. The minimum atomic E-state index is -4.19. The molecule has 0 aromatic carbocycles. The third-order valence-electron chi connectivity index (χ3n) is 0.771. The average Bonchev–Trinajstić information content (AvgIpc) is 1.43. The van der Waals surface area contributed by atoms with Gasteiger partial charge < -0.3 is 13.9 Å². The fourth-order valence-corrected chi connectivity index (χ4v) is 2.07. The van der Waals surface area contributed by atoms with Gasteiger partial charge in [0.1, 0.15) is 0 Å². The second kappa shape index (κ2) is 5.16. The summed E-state index contributed by atoms with van der Waals surface area (Å²) in [6, 6.07) is 0. The van der Waals surface area contributed by atoms with Gasteiger partial charge in [-0.2, -0.15) is 0 Å². The van der Waals surface area contributed by atoms with Crippen molar-refractivity contribution in [3.05, 3.63) is 0 Å². The Morgan fingerprint density at radius 2 is 1.14 bits per heavy atom. The SMILES string of the molecule is CC(C)(C)OP(=O)([O-])OC(C)(C)C.[Li+]. The number of hydrogen-bond donors (Lipinski definition) is 0. The topological polar surface area (TPSA) is 58.6 Å². The summed E-state index contributed by atoms with van der Waals surface area (Å²) in [6.07, 6.45) is 0. The molecule has 0 N–H and O–H groups in total. The zero-order chi connectivity index (χ0) is 10.9. The molecule has 0 amide bonds. The maximum Gasteiger partial charge on any atom is 1.00 e. The van der Waals surface area contributed by atoms with Gasteiger partial charge in [-0.25, -0.2) is 0 Å². The van der Waals surface area contributed by atoms with E-state index in [9.17, 15) is 9.46 Å². The van der Waals surface area contributed by atoms with Crippen LogP contribution in [0.25, 0.3) is 0 Å². The molecule has 6 heteroatoms. The van der Waals surface area contributed by atoms with Gasteiger partial charge in [0.15, 0.2) is 0 Å². The van der Waals surface area contributed by atoms with Crippen molar-refractivity contribution >= 4 is 7.82 Å². The molecule has 0 aliphatic rings. The van der Waals surface area contributed by atoms with Crippen LogP contribution in [0.5, 0.6) is 0 Å². The fraction of sp³-hybridized carbons (Fsp3) is 1.00. The molecule has 0 saturated carbocycles. The summed E-state index contributed by atoms with van der Waals surface area (Å²) < 4.78 is 20.8. The molecule has 0 unspecified atom stereocenters. The molecule has 0 saturated heterocycles. The molecular weight excluding hydrogens is 198 g/mol. The second-order valence-corrected chi connectivity index (χ2v) is 6.11. The zero-order valence-electron chi connectivity index (χ0n) is 10.1. The van der Waals surface area contributed by atoms with Crippen LogP contribution in [-0.4, -0.2) is 11.2 Å². The van der Waals surface area contributed by atoms with E-state index in [-0.39, 0.29) is 18.9 Å².